The number of rotatable bonds is 4. The summed E-state index contributed by atoms with van der Waals surface area (Å²) in [6, 6.07) is 18.6. The fourth-order valence-corrected chi connectivity index (χ4v) is 5.12. The number of furan rings is 1. The lowest BCUT2D eigenvalue weighted by Gasteiger charge is -2.29. The molecular weight excluding hydrogens is 509 g/mol. The van der Waals surface area contributed by atoms with Gasteiger partial charge in [0.2, 0.25) is 5.78 Å². The number of anilines is 1. The maximum absolute atomic E-state index is 13.8. The Labute approximate surface area is 224 Å². The Morgan fingerprint density at radius 3 is 2.24 bits per heavy atom. The van der Waals surface area contributed by atoms with Crippen LogP contribution in [-0.4, -0.2) is 16.8 Å². The number of benzene rings is 3. The number of hydrogen-bond acceptors (Lipinski definition) is 4. The van der Waals surface area contributed by atoms with Crippen LogP contribution >= 0.6 is 23.2 Å². The van der Waals surface area contributed by atoms with Crippen LogP contribution in [0.25, 0.3) is 11.0 Å². The molecular formula is C30H25Cl2NO4. The molecule has 1 unspecified atom stereocenters. The van der Waals surface area contributed by atoms with Gasteiger partial charge in [-0.05, 0) is 71.5 Å². The second kappa shape index (κ2) is 9.09. The topological polar surface area (TPSA) is 70.8 Å². The fraction of sp³-hybridized carbons (Fsp3) is 0.200. The van der Waals surface area contributed by atoms with Crippen molar-refractivity contribution in [1.82, 2.24) is 0 Å². The Bertz CT molecular complexity index is 1590. The summed E-state index contributed by atoms with van der Waals surface area (Å²) in [5.74, 6) is -1.84. The van der Waals surface area contributed by atoms with E-state index in [1.54, 1.807) is 42.5 Å². The first-order valence-corrected chi connectivity index (χ1v) is 12.6. The van der Waals surface area contributed by atoms with Gasteiger partial charge in [-0.1, -0.05) is 68.2 Å². The molecule has 4 aromatic rings. The van der Waals surface area contributed by atoms with Crippen molar-refractivity contribution in [3.8, 4) is 0 Å². The zero-order valence-electron chi connectivity index (χ0n) is 20.8. The fourth-order valence-electron chi connectivity index (χ4n) is 4.71. The van der Waals surface area contributed by atoms with Gasteiger partial charge in [0.05, 0.1) is 11.6 Å². The number of hydrogen-bond donors (Lipinski definition) is 1. The summed E-state index contributed by atoms with van der Waals surface area (Å²) in [4.78, 5) is 28.8. The SMILES string of the molecule is Cc1cc(Cl)ccc1N1C(=O)C(O)=C(C(=O)c2cc3cc(Cl)ccc3o2)C1c1ccc(C(C)(C)C)cc1. The average molecular weight is 534 g/mol. The highest BCUT2D eigenvalue weighted by Gasteiger charge is 2.45. The molecule has 0 saturated carbocycles. The molecule has 2 heterocycles. The van der Waals surface area contributed by atoms with Gasteiger partial charge >= 0.3 is 0 Å². The summed E-state index contributed by atoms with van der Waals surface area (Å²) in [6.45, 7) is 8.16. The minimum Gasteiger partial charge on any atom is -0.503 e. The Morgan fingerprint density at radius 2 is 1.59 bits per heavy atom. The molecule has 0 fully saturated rings. The van der Waals surface area contributed by atoms with Crippen LogP contribution < -0.4 is 4.90 Å². The van der Waals surface area contributed by atoms with Crippen LogP contribution in [0.3, 0.4) is 0 Å². The van der Waals surface area contributed by atoms with Crippen molar-refractivity contribution in [2.45, 2.75) is 39.2 Å². The number of ketones is 1. The molecule has 37 heavy (non-hydrogen) atoms. The molecule has 3 aromatic carbocycles. The van der Waals surface area contributed by atoms with Gasteiger partial charge < -0.3 is 9.52 Å². The second-order valence-corrected chi connectivity index (χ2v) is 11.1. The van der Waals surface area contributed by atoms with Gasteiger partial charge in [-0.25, -0.2) is 0 Å². The van der Waals surface area contributed by atoms with Gasteiger partial charge in [0.1, 0.15) is 5.58 Å². The number of aliphatic hydroxyl groups is 1. The first kappa shape index (κ1) is 25.1. The van der Waals surface area contributed by atoms with Gasteiger partial charge in [-0.2, -0.15) is 0 Å². The lowest BCUT2D eigenvalue weighted by molar-refractivity contribution is -0.117. The van der Waals surface area contributed by atoms with Crippen molar-refractivity contribution in [3.05, 3.63) is 111 Å². The van der Waals surface area contributed by atoms with Crippen LogP contribution in [0.4, 0.5) is 5.69 Å². The monoisotopic (exact) mass is 533 g/mol. The van der Waals surface area contributed by atoms with Crippen molar-refractivity contribution in [2.24, 2.45) is 0 Å². The summed E-state index contributed by atoms with van der Waals surface area (Å²) in [5, 5.41) is 12.8. The van der Waals surface area contributed by atoms with E-state index >= 15 is 0 Å². The van der Waals surface area contributed by atoms with Crippen molar-refractivity contribution in [1.29, 1.82) is 0 Å². The predicted molar refractivity (Wildman–Crippen MR) is 147 cm³/mol. The van der Waals surface area contributed by atoms with E-state index in [2.05, 4.69) is 20.8 Å². The van der Waals surface area contributed by atoms with Crippen molar-refractivity contribution in [3.63, 3.8) is 0 Å². The van der Waals surface area contributed by atoms with E-state index in [9.17, 15) is 14.7 Å². The number of carbonyl (C=O) groups is 2. The minimum atomic E-state index is -0.870. The van der Waals surface area contributed by atoms with E-state index in [1.807, 2.05) is 31.2 Å². The number of aliphatic hydroxyl groups excluding tert-OH is 1. The maximum atomic E-state index is 13.8. The van der Waals surface area contributed by atoms with Gasteiger partial charge in [-0.3, -0.25) is 14.5 Å². The highest BCUT2D eigenvalue weighted by molar-refractivity contribution is 6.31. The third kappa shape index (κ3) is 4.43. The predicted octanol–water partition coefficient (Wildman–Crippen LogP) is 8.13. The van der Waals surface area contributed by atoms with Crippen LogP contribution in [0, 0.1) is 6.92 Å². The summed E-state index contributed by atoms with van der Waals surface area (Å²) in [6.07, 6.45) is 0. The first-order valence-electron chi connectivity index (χ1n) is 11.8. The molecule has 1 amide bonds. The molecule has 5 rings (SSSR count). The number of fused-ring (bicyclic) bond motifs is 1. The van der Waals surface area contributed by atoms with Crippen LogP contribution in [0.15, 0.2) is 82.5 Å². The van der Waals surface area contributed by atoms with Gasteiger partial charge in [0.25, 0.3) is 5.91 Å². The Balaban J connectivity index is 1.67. The molecule has 5 nitrogen and oxygen atoms in total. The molecule has 1 aliphatic heterocycles. The third-order valence-electron chi connectivity index (χ3n) is 6.67. The minimum absolute atomic E-state index is 0.0117. The quantitative estimate of drug-likeness (QED) is 0.269. The lowest BCUT2D eigenvalue weighted by Crippen LogP contribution is -2.31. The summed E-state index contributed by atoms with van der Waals surface area (Å²) >= 11 is 12.3. The number of halogens is 2. The van der Waals surface area contributed by atoms with Gasteiger partial charge in [-0.15, -0.1) is 0 Å². The normalized spacial score (nSPS) is 16.2. The number of carbonyl (C=O) groups excluding carboxylic acids is 2. The smallest absolute Gasteiger partial charge is 0.294 e. The molecule has 7 heteroatoms. The number of nitrogens with zero attached hydrogens (tertiary/aromatic N) is 1. The van der Waals surface area contributed by atoms with Crippen LogP contribution in [0.5, 0.6) is 0 Å². The molecule has 1 atom stereocenters. The van der Waals surface area contributed by atoms with Crippen LogP contribution in [0.1, 0.15) is 54.1 Å². The van der Waals surface area contributed by atoms with E-state index in [1.165, 1.54) is 4.90 Å². The van der Waals surface area contributed by atoms with Crippen LogP contribution in [0.2, 0.25) is 10.0 Å². The molecule has 0 saturated heterocycles. The summed E-state index contributed by atoms with van der Waals surface area (Å²) in [7, 11) is 0. The van der Waals surface area contributed by atoms with E-state index in [0.717, 1.165) is 11.1 Å². The van der Waals surface area contributed by atoms with Crippen molar-refractivity contribution >= 4 is 51.5 Å². The molecule has 0 radical (unpaired) electrons. The molecule has 188 valence electrons. The number of aryl methyl sites for hydroxylation is 1. The highest BCUT2D eigenvalue weighted by Crippen LogP contribution is 2.44. The Morgan fingerprint density at radius 1 is 0.946 bits per heavy atom. The van der Waals surface area contributed by atoms with Gasteiger partial charge in [0, 0.05) is 21.1 Å². The third-order valence-corrected chi connectivity index (χ3v) is 7.14. The molecule has 0 bridgehead atoms. The highest BCUT2D eigenvalue weighted by atomic mass is 35.5. The molecule has 1 aliphatic rings. The average Bonchev–Trinajstić information content (AvgIpc) is 3.37. The Hall–Kier alpha value is -3.54. The zero-order valence-corrected chi connectivity index (χ0v) is 22.3. The lowest BCUT2D eigenvalue weighted by atomic mass is 9.85. The molecule has 1 N–H and O–H groups in total. The largest absolute Gasteiger partial charge is 0.503 e. The first-order chi connectivity index (χ1) is 17.5. The summed E-state index contributed by atoms with van der Waals surface area (Å²) < 4.78 is 5.81. The Kier molecular flexibility index (Phi) is 6.17. The van der Waals surface area contributed by atoms with E-state index in [-0.39, 0.29) is 16.7 Å². The van der Waals surface area contributed by atoms with Crippen molar-refractivity contribution < 1.29 is 19.1 Å². The number of amides is 1. The number of Topliss-reactive ketones (excluding diaryl/α,β-unsaturated/α-hetero) is 1. The molecule has 0 aliphatic carbocycles. The second-order valence-electron chi connectivity index (χ2n) is 10.3. The van der Waals surface area contributed by atoms with Crippen molar-refractivity contribution in [2.75, 3.05) is 4.90 Å². The van der Waals surface area contributed by atoms with Crippen LogP contribution in [-0.2, 0) is 10.2 Å². The van der Waals surface area contributed by atoms with Gasteiger partial charge in [0.15, 0.2) is 11.5 Å². The summed E-state index contributed by atoms with van der Waals surface area (Å²) in [5.41, 5.74) is 3.42. The van der Waals surface area contributed by atoms with E-state index in [4.69, 9.17) is 27.6 Å². The van der Waals surface area contributed by atoms with E-state index < -0.39 is 23.5 Å². The molecule has 0 spiro atoms. The van der Waals surface area contributed by atoms with E-state index in [0.29, 0.717) is 32.3 Å². The maximum Gasteiger partial charge on any atom is 0.294 e. The molecule has 1 aromatic heterocycles. The standard InChI is InChI=1S/C30H25Cl2NO4/c1-16-13-20(31)9-11-22(16)33-26(17-5-7-19(8-6-17)30(2,3)4)25(28(35)29(33)36)27(34)24-15-18-14-21(32)10-12-23(18)37-24/h5-15,26,35H,1-4H3. The zero-order chi connectivity index (χ0) is 26.6.